The first-order chi connectivity index (χ1) is 8.69. The summed E-state index contributed by atoms with van der Waals surface area (Å²) in [5.41, 5.74) is 1.13. The average molecular weight is 249 g/mol. The summed E-state index contributed by atoms with van der Waals surface area (Å²) in [5, 5.41) is 14.5. The zero-order chi connectivity index (χ0) is 13.1. The molecule has 0 fully saturated rings. The van der Waals surface area contributed by atoms with E-state index in [0.717, 1.165) is 0 Å². The van der Waals surface area contributed by atoms with Crippen LogP contribution in [-0.4, -0.2) is 34.1 Å². The van der Waals surface area contributed by atoms with E-state index >= 15 is 0 Å². The minimum atomic E-state index is -0.906. The van der Waals surface area contributed by atoms with Crippen molar-refractivity contribution in [2.75, 3.05) is 14.2 Å². The molecule has 0 aromatic carbocycles. The van der Waals surface area contributed by atoms with E-state index in [0.29, 0.717) is 22.9 Å². The first kappa shape index (κ1) is 12.4. The molecule has 96 valence electrons. The summed E-state index contributed by atoms with van der Waals surface area (Å²) < 4.78 is 11.9. The van der Waals surface area contributed by atoms with Gasteiger partial charge < -0.3 is 14.6 Å². The molecule has 6 heteroatoms. The maximum absolute atomic E-state index is 10.4. The fourth-order valence-electron chi connectivity index (χ4n) is 1.83. The van der Waals surface area contributed by atoms with Crippen LogP contribution in [0.4, 0.5) is 0 Å². The van der Waals surface area contributed by atoms with Crippen LogP contribution in [0.5, 0.6) is 11.6 Å². The SMILES string of the molecule is COc1cnn(C)c1C(O)c1cccnc1OC. The molecular formula is C12H15N3O3. The van der Waals surface area contributed by atoms with Crippen LogP contribution in [0.3, 0.4) is 0 Å². The van der Waals surface area contributed by atoms with Crippen molar-refractivity contribution in [3.8, 4) is 11.6 Å². The largest absolute Gasteiger partial charge is 0.493 e. The molecule has 2 aromatic heterocycles. The van der Waals surface area contributed by atoms with Crippen LogP contribution < -0.4 is 9.47 Å². The summed E-state index contributed by atoms with van der Waals surface area (Å²) in [4.78, 5) is 4.06. The van der Waals surface area contributed by atoms with Crippen molar-refractivity contribution < 1.29 is 14.6 Å². The summed E-state index contributed by atoms with van der Waals surface area (Å²) >= 11 is 0. The van der Waals surface area contributed by atoms with Crippen molar-refractivity contribution >= 4 is 0 Å². The Morgan fingerprint density at radius 3 is 2.78 bits per heavy atom. The van der Waals surface area contributed by atoms with E-state index in [2.05, 4.69) is 10.1 Å². The molecule has 2 aromatic rings. The van der Waals surface area contributed by atoms with Gasteiger partial charge in [0.2, 0.25) is 5.88 Å². The van der Waals surface area contributed by atoms with Crippen LogP contribution in [0.2, 0.25) is 0 Å². The molecule has 1 N–H and O–H groups in total. The van der Waals surface area contributed by atoms with E-state index in [-0.39, 0.29) is 0 Å². The number of aryl methyl sites for hydroxylation is 1. The summed E-state index contributed by atoms with van der Waals surface area (Å²) in [6, 6.07) is 3.49. The zero-order valence-electron chi connectivity index (χ0n) is 10.5. The summed E-state index contributed by atoms with van der Waals surface area (Å²) in [6.45, 7) is 0. The number of aliphatic hydroxyl groups is 1. The van der Waals surface area contributed by atoms with Crippen LogP contribution in [0.15, 0.2) is 24.5 Å². The fourth-order valence-corrected chi connectivity index (χ4v) is 1.83. The molecule has 0 aliphatic carbocycles. The Labute approximate surface area is 105 Å². The number of ether oxygens (including phenoxy) is 2. The highest BCUT2D eigenvalue weighted by molar-refractivity contribution is 5.38. The molecule has 0 saturated heterocycles. The number of rotatable bonds is 4. The number of pyridine rings is 1. The second-order valence-corrected chi connectivity index (χ2v) is 3.73. The van der Waals surface area contributed by atoms with E-state index in [9.17, 15) is 5.11 Å². The fraction of sp³-hybridized carbons (Fsp3) is 0.333. The molecule has 18 heavy (non-hydrogen) atoms. The van der Waals surface area contributed by atoms with Gasteiger partial charge in [-0.1, -0.05) is 0 Å². The third-order valence-corrected chi connectivity index (χ3v) is 2.72. The van der Waals surface area contributed by atoms with E-state index in [1.165, 1.54) is 14.2 Å². The monoisotopic (exact) mass is 249 g/mol. The van der Waals surface area contributed by atoms with Gasteiger partial charge in [-0.25, -0.2) is 4.98 Å². The molecule has 0 amide bonds. The van der Waals surface area contributed by atoms with E-state index in [1.807, 2.05) is 0 Å². The lowest BCUT2D eigenvalue weighted by Crippen LogP contribution is -2.09. The number of hydrogen-bond acceptors (Lipinski definition) is 5. The van der Waals surface area contributed by atoms with E-state index < -0.39 is 6.10 Å². The molecule has 6 nitrogen and oxygen atoms in total. The Bertz CT molecular complexity index is 539. The summed E-state index contributed by atoms with van der Waals surface area (Å²) in [7, 11) is 4.79. The molecule has 0 radical (unpaired) electrons. The molecule has 0 aliphatic heterocycles. The number of aromatic nitrogens is 3. The van der Waals surface area contributed by atoms with E-state index in [4.69, 9.17) is 9.47 Å². The zero-order valence-corrected chi connectivity index (χ0v) is 10.5. The lowest BCUT2D eigenvalue weighted by atomic mass is 10.1. The van der Waals surface area contributed by atoms with Gasteiger partial charge in [0.1, 0.15) is 11.8 Å². The molecule has 0 spiro atoms. The maximum Gasteiger partial charge on any atom is 0.219 e. The van der Waals surface area contributed by atoms with Crippen molar-refractivity contribution in [2.45, 2.75) is 6.10 Å². The molecule has 0 bridgehead atoms. The predicted molar refractivity (Wildman–Crippen MR) is 64.6 cm³/mol. The van der Waals surface area contributed by atoms with E-state index in [1.54, 1.807) is 36.3 Å². The van der Waals surface area contributed by atoms with Crippen molar-refractivity contribution in [1.82, 2.24) is 14.8 Å². The highest BCUT2D eigenvalue weighted by atomic mass is 16.5. The molecule has 0 saturated carbocycles. The Morgan fingerprint density at radius 1 is 1.33 bits per heavy atom. The standard InChI is InChI=1S/C12H15N3O3/c1-15-10(9(17-2)7-14-15)11(16)8-5-4-6-13-12(8)18-3/h4-7,11,16H,1-3H3. The van der Waals surface area contributed by atoms with Gasteiger partial charge in [0.25, 0.3) is 0 Å². The van der Waals surface area contributed by atoms with Crippen molar-refractivity contribution in [1.29, 1.82) is 0 Å². The van der Waals surface area contributed by atoms with Gasteiger partial charge in [-0.3, -0.25) is 4.68 Å². The van der Waals surface area contributed by atoms with Crippen LogP contribution >= 0.6 is 0 Å². The molecule has 1 atom stereocenters. The van der Waals surface area contributed by atoms with Crippen molar-refractivity contribution in [3.05, 3.63) is 35.8 Å². The topological polar surface area (TPSA) is 69.4 Å². The Morgan fingerprint density at radius 2 is 2.11 bits per heavy atom. The number of hydrogen-bond donors (Lipinski definition) is 1. The molecular weight excluding hydrogens is 234 g/mol. The van der Waals surface area contributed by atoms with Crippen molar-refractivity contribution in [2.24, 2.45) is 7.05 Å². The second kappa shape index (κ2) is 5.05. The Kier molecular flexibility index (Phi) is 3.47. The Hall–Kier alpha value is -2.08. The number of methoxy groups -OCH3 is 2. The van der Waals surface area contributed by atoms with Crippen LogP contribution in [0, 0.1) is 0 Å². The average Bonchev–Trinajstić information content (AvgIpc) is 2.79. The van der Waals surface area contributed by atoms with Gasteiger partial charge >= 0.3 is 0 Å². The minimum absolute atomic E-state index is 0.383. The smallest absolute Gasteiger partial charge is 0.219 e. The normalized spacial score (nSPS) is 12.2. The molecule has 1 unspecified atom stereocenters. The minimum Gasteiger partial charge on any atom is -0.493 e. The first-order valence-corrected chi connectivity index (χ1v) is 5.42. The van der Waals surface area contributed by atoms with Gasteiger partial charge in [-0.2, -0.15) is 5.10 Å². The number of nitrogens with zero attached hydrogens (tertiary/aromatic N) is 3. The number of aliphatic hydroxyl groups excluding tert-OH is 1. The van der Waals surface area contributed by atoms with Gasteiger partial charge in [-0.15, -0.1) is 0 Å². The third kappa shape index (κ3) is 2.02. The second-order valence-electron chi connectivity index (χ2n) is 3.73. The lowest BCUT2D eigenvalue weighted by molar-refractivity contribution is 0.198. The van der Waals surface area contributed by atoms with Gasteiger partial charge in [0.15, 0.2) is 5.75 Å². The van der Waals surface area contributed by atoms with Gasteiger partial charge in [0.05, 0.1) is 20.4 Å². The van der Waals surface area contributed by atoms with Crippen LogP contribution in [0.1, 0.15) is 17.4 Å². The maximum atomic E-state index is 10.4. The Balaban J connectivity index is 2.47. The van der Waals surface area contributed by atoms with Crippen LogP contribution in [0.25, 0.3) is 0 Å². The highest BCUT2D eigenvalue weighted by Gasteiger charge is 2.23. The van der Waals surface area contributed by atoms with Gasteiger partial charge in [-0.05, 0) is 12.1 Å². The molecule has 2 heterocycles. The van der Waals surface area contributed by atoms with Crippen molar-refractivity contribution in [3.63, 3.8) is 0 Å². The lowest BCUT2D eigenvalue weighted by Gasteiger charge is -2.15. The predicted octanol–water partition coefficient (Wildman–Crippen LogP) is 0.914. The molecule has 0 aliphatic rings. The van der Waals surface area contributed by atoms with Gasteiger partial charge in [0, 0.05) is 18.8 Å². The first-order valence-electron chi connectivity index (χ1n) is 5.42. The quantitative estimate of drug-likeness (QED) is 0.872. The molecule has 2 rings (SSSR count). The van der Waals surface area contributed by atoms with Crippen LogP contribution in [-0.2, 0) is 7.05 Å². The highest BCUT2D eigenvalue weighted by Crippen LogP contribution is 2.32. The summed E-state index contributed by atoms with van der Waals surface area (Å²) in [6.07, 6.45) is 2.26. The summed E-state index contributed by atoms with van der Waals surface area (Å²) in [5.74, 6) is 0.907. The third-order valence-electron chi connectivity index (χ3n) is 2.72.